The Morgan fingerprint density at radius 1 is 1.27 bits per heavy atom. The molecule has 0 amide bonds. The number of carbonyl (C=O) groups excluding carboxylic acids is 1. The van der Waals surface area contributed by atoms with Gasteiger partial charge in [-0.15, -0.1) is 0 Å². The zero-order valence-electron chi connectivity index (χ0n) is 13.1. The zero-order valence-corrected chi connectivity index (χ0v) is 13.1. The van der Waals surface area contributed by atoms with Crippen molar-refractivity contribution in [1.29, 1.82) is 0 Å². The quantitative estimate of drug-likeness (QED) is 0.473. The first-order valence-corrected chi connectivity index (χ1v) is 7.19. The minimum Gasteiger partial charge on any atom is -0.465 e. The number of aryl methyl sites for hydroxylation is 1. The fraction of sp³-hybridized carbons (Fsp3) is 0.211. The van der Waals surface area contributed by atoms with E-state index in [1.165, 1.54) is 7.11 Å². The molecular weight excluding hydrogens is 276 g/mol. The summed E-state index contributed by atoms with van der Waals surface area (Å²) in [5, 5.41) is 0. The second-order valence-electron chi connectivity index (χ2n) is 5.00. The van der Waals surface area contributed by atoms with E-state index in [1.54, 1.807) is 12.3 Å². The van der Waals surface area contributed by atoms with Crippen molar-refractivity contribution >= 4 is 5.97 Å². The summed E-state index contributed by atoms with van der Waals surface area (Å²) in [5.41, 5.74) is 3.60. The first kappa shape index (κ1) is 15.8. The molecule has 1 aromatic carbocycles. The van der Waals surface area contributed by atoms with Gasteiger partial charge in [0.1, 0.15) is 5.75 Å². The van der Waals surface area contributed by atoms with E-state index in [0.717, 1.165) is 22.5 Å². The summed E-state index contributed by atoms with van der Waals surface area (Å²) in [6.07, 6.45) is 9.96. The topological polar surface area (TPSA) is 35.5 Å². The number of rotatable bonds is 4. The van der Waals surface area contributed by atoms with Crippen LogP contribution in [0, 0.1) is 6.92 Å². The molecule has 0 unspecified atom stereocenters. The lowest BCUT2D eigenvalue weighted by molar-refractivity contribution is -0.135. The third-order valence-electron chi connectivity index (χ3n) is 3.47. The molecule has 1 aliphatic carbocycles. The summed E-state index contributed by atoms with van der Waals surface area (Å²) < 4.78 is 10.6. The van der Waals surface area contributed by atoms with Gasteiger partial charge in [-0.2, -0.15) is 0 Å². The molecule has 0 radical (unpaired) electrons. The standard InChI is InChI=1S/C19H20O3/c1-4-17(19(20)21-3)16-10-7-9-15(12-16)13-22-18-11-6-5-8-14(18)2/h4-11,13H,12H2,1-3H3. The Morgan fingerprint density at radius 2 is 2.05 bits per heavy atom. The highest BCUT2D eigenvalue weighted by Crippen LogP contribution is 2.26. The van der Waals surface area contributed by atoms with Gasteiger partial charge in [-0.1, -0.05) is 42.5 Å². The summed E-state index contributed by atoms with van der Waals surface area (Å²) in [6, 6.07) is 7.86. The molecule has 0 saturated heterocycles. The van der Waals surface area contributed by atoms with Crippen LogP contribution in [0.5, 0.6) is 5.75 Å². The van der Waals surface area contributed by atoms with E-state index in [4.69, 9.17) is 9.47 Å². The average Bonchev–Trinajstić information content (AvgIpc) is 2.55. The van der Waals surface area contributed by atoms with E-state index < -0.39 is 0 Å². The Labute approximate surface area is 131 Å². The van der Waals surface area contributed by atoms with Crippen LogP contribution in [0.1, 0.15) is 18.9 Å². The van der Waals surface area contributed by atoms with Gasteiger partial charge in [-0.3, -0.25) is 0 Å². The highest BCUT2D eigenvalue weighted by Gasteiger charge is 2.16. The summed E-state index contributed by atoms with van der Waals surface area (Å²) in [4.78, 5) is 11.8. The third-order valence-corrected chi connectivity index (χ3v) is 3.47. The SMILES string of the molecule is CC=C(C(=O)OC)C1=CC=CC(=COc2ccccc2C)C1. The Kier molecular flexibility index (Phi) is 5.37. The van der Waals surface area contributed by atoms with Crippen LogP contribution in [0.4, 0.5) is 0 Å². The van der Waals surface area contributed by atoms with Crippen molar-refractivity contribution in [3.05, 3.63) is 77.1 Å². The Bertz CT molecular complexity index is 676. The number of esters is 1. The Balaban J connectivity index is 2.12. The van der Waals surface area contributed by atoms with Gasteiger partial charge in [0, 0.05) is 6.42 Å². The van der Waals surface area contributed by atoms with Crippen LogP contribution in [-0.4, -0.2) is 13.1 Å². The lowest BCUT2D eigenvalue weighted by Crippen LogP contribution is -2.08. The van der Waals surface area contributed by atoms with Crippen LogP contribution in [0.3, 0.4) is 0 Å². The van der Waals surface area contributed by atoms with E-state index in [0.29, 0.717) is 12.0 Å². The van der Waals surface area contributed by atoms with E-state index in [-0.39, 0.29) is 5.97 Å². The van der Waals surface area contributed by atoms with Crippen LogP contribution in [0.15, 0.2) is 71.6 Å². The van der Waals surface area contributed by atoms with Crippen LogP contribution in [0.25, 0.3) is 0 Å². The van der Waals surface area contributed by atoms with Gasteiger partial charge in [-0.05, 0) is 36.6 Å². The normalized spacial score (nSPS) is 16.4. The van der Waals surface area contributed by atoms with E-state index in [2.05, 4.69) is 0 Å². The van der Waals surface area contributed by atoms with Gasteiger partial charge < -0.3 is 9.47 Å². The predicted octanol–water partition coefficient (Wildman–Crippen LogP) is 4.26. The van der Waals surface area contributed by atoms with Gasteiger partial charge in [0.05, 0.1) is 18.9 Å². The molecule has 0 saturated carbocycles. The molecule has 0 heterocycles. The summed E-state index contributed by atoms with van der Waals surface area (Å²) in [7, 11) is 1.39. The summed E-state index contributed by atoms with van der Waals surface area (Å²) >= 11 is 0. The maximum Gasteiger partial charge on any atom is 0.337 e. The average molecular weight is 296 g/mol. The lowest BCUT2D eigenvalue weighted by atomic mass is 9.94. The van der Waals surface area contributed by atoms with Crippen molar-refractivity contribution < 1.29 is 14.3 Å². The maximum absolute atomic E-state index is 11.8. The molecule has 0 bridgehead atoms. The smallest absolute Gasteiger partial charge is 0.337 e. The van der Waals surface area contributed by atoms with E-state index >= 15 is 0 Å². The molecule has 0 atom stereocenters. The summed E-state index contributed by atoms with van der Waals surface area (Å²) in [6.45, 7) is 3.84. The molecule has 1 aliphatic rings. The van der Waals surface area contributed by atoms with Crippen molar-refractivity contribution in [2.45, 2.75) is 20.3 Å². The fourth-order valence-corrected chi connectivity index (χ4v) is 2.26. The Hall–Kier alpha value is -2.55. The van der Waals surface area contributed by atoms with Gasteiger partial charge in [-0.25, -0.2) is 4.79 Å². The molecule has 0 spiro atoms. The number of allylic oxidation sites excluding steroid dienone is 5. The molecule has 114 valence electrons. The number of benzene rings is 1. The molecule has 3 nitrogen and oxygen atoms in total. The third kappa shape index (κ3) is 3.76. The highest BCUT2D eigenvalue weighted by atomic mass is 16.5. The van der Waals surface area contributed by atoms with Crippen LogP contribution in [0.2, 0.25) is 0 Å². The number of ether oxygens (including phenoxy) is 2. The molecule has 3 heteroatoms. The first-order valence-electron chi connectivity index (χ1n) is 7.19. The predicted molar refractivity (Wildman–Crippen MR) is 87.5 cm³/mol. The molecule has 0 N–H and O–H groups in total. The van der Waals surface area contributed by atoms with Crippen LogP contribution < -0.4 is 4.74 Å². The van der Waals surface area contributed by atoms with Crippen LogP contribution in [-0.2, 0) is 9.53 Å². The van der Waals surface area contributed by atoms with Gasteiger partial charge >= 0.3 is 5.97 Å². The minimum absolute atomic E-state index is 0.316. The minimum atomic E-state index is -0.316. The summed E-state index contributed by atoms with van der Waals surface area (Å²) in [5.74, 6) is 0.516. The monoisotopic (exact) mass is 296 g/mol. The van der Waals surface area contributed by atoms with Crippen LogP contribution >= 0.6 is 0 Å². The number of methoxy groups -OCH3 is 1. The molecule has 1 aromatic rings. The van der Waals surface area contributed by atoms with Crippen molar-refractivity contribution in [3.63, 3.8) is 0 Å². The second kappa shape index (κ2) is 7.46. The number of carbonyl (C=O) groups is 1. The van der Waals surface area contributed by atoms with Crippen molar-refractivity contribution in [2.24, 2.45) is 0 Å². The second-order valence-corrected chi connectivity index (χ2v) is 5.00. The fourth-order valence-electron chi connectivity index (χ4n) is 2.26. The molecule has 0 aliphatic heterocycles. The number of para-hydroxylation sites is 1. The number of hydrogen-bond acceptors (Lipinski definition) is 3. The Morgan fingerprint density at radius 3 is 2.73 bits per heavy atom. The van der Waals surface area contributed by atoms with Crippen molar-refractivity contribution in [3.8, 4) is 5.75 Å². The van der Waals surface area contributed by atoms with E-state index in [9.17, 15) is 4.79 Å². The van der Waals surface area contributed by atoms with Gasteiger partial charge in [0.2, 0.25) is 0 Å². The van der Waals surface area contributed by atoms with Gasteiger partial charge in [0.25, 0.3) is 0 Å². The van der Waals surface area contributed by atoms with E-state index in [1.807, 2.05) is 56.3 Å². The number of hydrogen-bond donors (Lipinski definition) is 0. The first-order chi connectivity index (χ1) is 10.7. The molecule has 22 heavy (non-hydrogen) atoms. The molecule has 2 rings (SSSR count). The lowest BCUT2D eigenvalue weighted by Gasteiger charge is -2.14. The van der Waals surface area contributed by atoms with Crippen molar-refractivity contribution in [1.82, 2.24) is 0 Å². The zero-order chi connectivity index (χ0) is 15.9. The molecule has 0 aromatic heterocycles. The molecular formula is C19H20O3. The highest BCUT2D eigenvalue weighted by molar-refractivity contribution is 5.93. The maximum atomic E-state index is 11.8. The van der Waals surface area contributed by atoms with Crippen molar-refractivity contribution in [2.75, 3.05) is 7.11 Å². The molecule has 0 fully saturated rings. The largest absolute Gasteiger partial charge is 0.465 e. The van der Waals surface area contributed by atoms with Gasteiger partial charge in [0.15, 0.2) is 0 Å².